The lowest BCUT2D eigenvalue weighted by Crippen LogP contribution is -2.10. The minimum absolute atomic E-state index is 0.134. The quantitative estimate of drug-likeness (QED) is 0.600. The molecule has 0 fully saturated rings. The standard InChI is InChI=1S/C9H20O2/c1-8(2)7-9(10)5-4-6-11-3/h8-10H,4-7H2,1-3H3. The summed E-state index contributed by atoms with van der Waals surface area (Å²) in [6.07, 6.45) is 2.60. The van der Waals surface area contributed by atoms with Gasteiger partial charge >= 0.3 is 0 Å². The smallest absolute Gasteiger partial charge is 0.0543 e. The summed E-state index contributed by atoms with van der Waals surface area (Å²) in [7, 11) is 1.69. The predicted molar refractivity (Wildman–Crippen MR) is 46.6 cm³/mol. The molecule has 1 N–H and O–H groups in total. The zero-order valence-electron chi connectivity index (χ0n) is 7.84. The van der Waals surface area contributed by atoms with E-state index >= 15 is 0 Å². The van der Waals surface area contributed by atoms with Gasteiger partial charge in [0, 0.05) is 13.7 Å². The molecule has 2 heteroatoms. The first-order valence-electron chi connectivity index (χ1n) is 4.33. The summed E-state index contributed by atoms with van der Waals surface area (Å²) in [6.45, 7) is 5.01. The van der Waals surface area contributed by atoms with Crippen LogP contribution in [0.15, 0.2) is 0 Å². The van der Waals surface area contributed by atoms with E-state index in [0.29, 0.717) is 5.92 Å². The Morgan fingerprint density at radius 3 is 2.45 bits per heavy atom. The number of methoxy groups -OCH3 is 1. The van der Waals surface area contributed by atoms with Gasteiger partial charge in [-0.1, -0.05) is 13.8 Å². The largest absolute Gasteiger partial charge is 0.393 e. The maximum atomic E-state index is 9.39. The third kappa shape index (κ3) is 7.82. The van der Waals surface area contributed by atoms with Gasteiger partial charge in [-0.3, -0.25) is 0 Å². The summed E-state index contributed by atoms with van der Waals surface area (Å²) in [4.78, 5) is 0. The molecule has 11 heavy (non-hydrogen) atoms. The van der Waals surface area contributed by atoms with E-state index in [0.717, 1.165) is 25.9 Å². The molecule has 0 saturated carbocycles. The summed E-state index contributed by atoms with van der Waals surface area (Å²) in [5.41, 5.74) is 0. The normalized spacial score (nSPS) is 13.9. The Hall–Kier alpha value is -0.0800. The molecule has 0 aliphatic heterocycles. The van der Waals surface area contributed by atoms with Crippen LogP contribution in [0.5, 0.6) is 0 Å². The average Bonchev–Trinajstić information content (AvgIpc) is 1.86. The van der Waals surface area contributed by atoms with Crippen LogP contribution in [-0.4, -0.2) is 24.9 Å². The van der Waals surface area contributed by atoms with Crippen LogP contribution >= 0.6 is 0 Å². The van der Waals surface area contributed by atoms with Crippen molar-refractivity contribution in [1.82, 2.24) is 0 Å². The Bertz CT molecular complexity index is 81.6. The molecular formula is C9H20O2. The molecule has 0 spiro atoms. The topological polar surface area (TPSA) is 29.5 Å². The molecular weight excluding hydrogens is 140 g/mol. The molecule has 0 aromatic rings. The van der Waals surface area contributed by atoms with Gasteiger partial charge < -0.3 is 9.84 Å². The lowest BCUT2D eigenvalue weighted by atomic mass is 10.0. The molecule has 0 rings (SSSR count). The average molecular weight is 160 g/mol. The van der Waals surface area contributed by atoms with E-state index in [1.165, 1.54) is 0 Å². The molecule has 0 amide bonds. The van der Waals surface area contributed by atoms with Crippen molar-refractivity contribution < 1.29 is 9.84 Å². The summed E-state index contributed by atoms with van der Waals surface area (Å²) in [5, 5.41) is 9.39. The van der Waals surface area contributed by atoms with E-state index in [4.69, 9.17) is 4.74 Å². The molecule has 0 saturated heterocycles. The third-order valence-corrected chi connectivity index (χ3v) is 1.63. The van der Waals surface area contributed by atoms with Gasteiger partial charge in [0.05, 0.1) is 6.10 Å². The van der Waals surface area contributed by atoms with Crippen LogP contribution in [0.4, 0.5) is 0 Å². The van der Waals surface area contributed by atoms with Crippen molar-refractivity contribution in [2.45, 2.75) is 39.2 Å². The van der Waals surface area contributed by atoms with E-state index in [2.05, 4.69) is 13.8 Å². The highest BCUT2D eigenvalue weighted by atomic mass is 16.5. The Morgan fingerprint density at radius 2 is 2.00 bits per heavy atom. The monoisotopic (exact) mass is 160 g/mol. The zero-order chi connectivity index (χ0) is 8.69. The Morgan fingerprint density at radius 1 is 1.36 bits per heavy atom. The first-order valence-corrected chi connectivity index (χ1v) is 4.33. The highest BCUT2D eigenvalue weighted by molar-refractivity contribution is 4.57. The summed E-state index contributed by atoms with van der Waals surface area (Å²) in [5.74, 6) is 0.590. The molecule has 0 aliphatic carbocycles. The number of aliphatic hydroxyl groups is 1. The number of ether oxygens (including phenoxy) is 1. The molecule has 2 nitrogen and oxygen atoms in total. The van der Waals surface area contributed by atoms with Crippen molar-refractivity contribution in [3.8, 4) is 0 Å². The van der Waals surface area contributed by atoms with Crippen LogP contribution < -0.4 is 0 Å². The van der Waals surface area contributed by atoms with Gasteiger partial charge in [-0.05, 0) is 25.2 Å². The Kier molecular flexibility index (Phi) is 6.57. The summed E-state index contributed by atoms with van der Waals surface area (Å²) < 4.78 is 4.89. The van der Waals surface area contributed by atoms with Crippen LogP contribution in [0.25, 0.3) is 0 Å². The highest BCUT2D eigenvalue weighted by Gasteiger charge is 2.05. The fourth-order valence-corrected chi connectivity index (χ4v) is 1.13. The number of hydrogen-bond donors (Lipinski definition) is 1. The van der Waals surface area contributed by atoms with E-state index < -0.39 is 0 Å². The molecule has 0 aromatic carbocycles. The predicted octanol–water partition coefficient (Wildman–Crippen LogP) is 1.82. The van der Waals surface area contributed by atoms with Crippen molar-refractivity contribution in [3.63, 3.8) is 0 Å². The molecule has 0 heterocycles. The molecule has 68 valence electrons. The lowest BCUT2D eigenvalue weighted by molar-refractivity contribution is 0.118. The van der Waals surface area contributed by atoms with Crippen molar-refractivity contribution in [2.75, 3.05) is 13.7 Å². The van der Waals surface area contributed by atoms with E-state index in [1.807, 2.05) is 0 Å². The zero-order valence-corrected chi connectivity index (χ0v) is 7.84. The third-order valence-electron chi connectivity index (χ3n) is 1.63. The van der Waals surface area contributed by atoms with Gasteiger partial charge in [0.1, 0.15) is 0 Å². The fourth-order valence-electron chi connectivity index (χ4n) is 1.13. The van der Waals surface area contributed by atoms with Crippen molar-refractivity contribution in [2.24, 2.45) is 5.92 Å². The van der Waals surface area contributed by atoms with Gasteiger partial charge in [-0.2, -0.15) is 0 Å². The van der Waals surface area contributed by atoms with Crippen molar-refractivity contribution in [3.05, 3.63) is 0 Å². The maximum absolute atomic E-state index is 9.39. The molecule has 0 aliphatic rings. The molecule has 1 atom stereocenters. The van der Waals surface area contributed by atoms with Crippen LogP contribution in [0.3, 0.4) is 0 Å². The second-order valence-electron chi connectivity index (χ2n) is 3.42. The van der Waals surface area contributed by atoms with E-state index in [9.17, 15) is 5.11 Å². The minimum Gasteiger partial charge on any atom is -0.393 e. The molecule has 0 bridgehead atoms. The van der Waals surface area contributed by atoms with Crippen LogP contribution in [-0.2, 0) is 4.74 Å². The lowest BCUT2D eigenvalue weighted by Gasteiger charge is -2.11. The van der Waals surface area contributed by atoms with Gasteiger partial charge in [0.15, 0.2) is 0 Å². The SMILES string of the molecule is COCCCC(O)CC(C)C. The van der Waals surface area contributed by atoms with Crippen LogP contribution in [0.1, 0.15) is 33.1 Å². The van der Waals surface area contributed by atoms with Crippen LogP contribution in [0, 0.1) is 5.92 Å². The van der Waals surface area contributed by atoms with Crippen molar-refractivity contribution in [1.29, 1.82) is 0 Å². The van der Waals surface area contributed by atoms with Crippen molar-refractivity contribution >= 4 is 0 Å². The Balaban J connectivity index is 3.15. The first-order chi connectivity index (χ1) is 5.16. The van der Waals surface area contributed by atoms with Gasteiger partial charge in [0.25, 0.3) is 0 Å². The Labute approximate surface area is 69.6 Å². The minimum atomic E-state index is -0.134. The second kappa shape index (κ2) is 6.62. The fraction of sp³-hybridized carbons (Fsp3) is 1.00. The van der Waals surface area contributed by atoms with Gasteiger partial charge in [-0.15, -0.1) is 0 Å². The highest BCUT2D eigenvalue weighted by Crippen LogP contribution is 2.08. The summed E-state index contributed by atoms with van der Waals surface area (Å²) in [6, 6.07) is 0. The molecule has 1 unspecified atom stereocenters. The second-order valence-corrected chi connectivity index (χ2v) is 3.42. The van der Waals surface area contributed by atoms with Gasteiger partial charge in [-0.25, -0.2) is 0 Å². The van der Waals surface area contributed by atoms with E-state index in [1.54, 1.807) is 7.11 Å². The summed E-state index contributed by atoms with van der Waals surface area (Å²) >= 11 is 0. The van der Waals surface area contributed by atoms with Crippen LogP contribution in [0.2, 0.25) is 0 Å². The van der Waals surface area contributed by atoms with E-state index in [-0.39, 0.29) is 6.10 Å². The molecule has 0 aromatic heterocycles. The maximum Gasteiger partial charge on any atom is 0.0543 e. The number of hydrogen-bond acceptors (Lipinski definition) is 2. The molecule has 0 radical (unpaired) electrons. The number of rotatable bonds is 6. The first kappa shape index (κ1) is 10.9. The van der Waals surface area contributed by atoms with Gasteiger partial charge in [0.2, 0.25) is 0 Å². The number of aliphatic hydroxyl groups excluding tert-OH is 1.